The second-order valence-electron chi connectivity index (χ2n) is 6.46. The number of amides is 2. The molecule has 0 spiro atoms. The summed E-state index contributed by atoms with van der Waals surface area (Å²) in [4.78, 5) is 37.8. The number of methoxy groups -OCH3 is 1. The van der Waals surface area contributed by atoms with Crippen LogP contribution in [0.1, 0.15) is 29.3 Å². The predicted octanol–water partition coefficient (Wildman–Crippen LogP) is 2.58. The number of fused-ring (bicyclic) bond motifs is 1. The summed E-state index contributed by atoms with van der Waals surface area (Å²) in [6, 6.07) is 12.1. The van der Waals surface area contributed by atoms with Gasteiger partial charge in [0.15, 0.2) is 11.5 Å². The standard InChI is InChI=1S/C21H22N2O6/c1-14(24)23(12-15-7-8-18-19(11-15)29-13-28-18)10-9-20(25)22-17-6-4-3-5-16(17)21(26)27-2/h3-8,11H,9-10,12-13H2,1-2H3,(H,22,25). The second kappa shape index (κ2) is 9.09. The van der Waals surface area contributed by atoms with E-state index in [0.717, 1.165) is 5.56 Å². The minimum Gasteiger partial charge on any atom is -0.465 e. The SMILES string of the molecule is COC(=O)c1ccccc1NC(=O)CCN(Cc1ccc2c(c1)OCO2)C(C)=O. The van der Waals surface area contributed by atoms with Crippen LogP contribution >= 0.6 is 0 Å². The van der Waals surface area contributed by atoms with E-state index in [2.05, 4.69) is 5.32 Å². The highest BCUT2D eigenvalue weighted by molar-refractivity contribution is 6.01. The van der Waals surface area contributed by atoms with Crippen LogP contribution in [-0.4, -0.2) is 43.1 Å². The first-order valence-electron chi connectivity index (χ1n) is 9.09. The number of rotatable bonds is 7. The third kappa shape index (κ3) is 5.04. The van der Waals surface area contributed by atoms with Gasteiger partial charge >= 0.3 is 5.97 Å². The third-order valence-corrected chi connectivity index (χ3v) is 4.47. The van der Waals surface area contributed by atoms with Crippen LogP contribution in [-0.2, 0) is 20.9 Å². The van der Waals surface area contributed by atoms with Gasteiger partial charge in [-0.05, 0) is 29.8 Å². The first kappa shape index (κ1) is 20.2. The highest BCUT2D eigenvalue weighted by atomic mass is 16.7. The molecule has 3 rings (SSSR count). The second-order valence-corrected chi connectivity index (χ2v) is 6.46. The molecule has 0 atom stereocenters. The fourth-order valence-electron chi connectivity index (χ4n) is 2.94. The smallest absolute Gasteiger partial charge is 0.339 e. The molecule has 2 aromatic carbocycles. The molecule has 29 heavy (non-hydrogen) atoms. The van der Waals surface area contributed by atoms with Gasteiger partial charge in [-0.1, -0.05) is 18.2 Å². The first-order chi connectivity index (χ1) is 14.0. The summed E-state index contributed by atoms with van der Waals surface area (Å²) in [5, 5.41) is 2.70. The van der Waals surface area contributed by atoms with E-state index >= 15 is 0 Å². The molecule has 8 heteroatoms. The Balaban J connectivity index is 1.60. The number of para-hydroxylation sites is 1. The highest BCUT2D eigenvalue weighted by Gasteiger charge is 2.18. The van der Waals surface area contributed by atoms with Crippen molar-refractivity contribution in [3.8, 4) is 11.5 Å². The molecule has 0 unspecified atom stereocenters. The molecule has 1 heterocycles. The van der Waals surface area contributed by atoms with Crippen molar-refractivity contribution in [2.75, 3.05) is 25.8 Å². The lowest BCUT2D eigenvalue weighted by Crippen LogP contribution is -2.31. The normalized spacial score (nSPS) is 11.7. The number of hydrogen-bond acceptors (Lipinski definition) is 6. The van der Waals surface area contributed by atoms with E-state index in [4.69, 9.17) is 14.2 Å². The molecule has 2 aromatic rings. The van der Waals surface area contributed by atoms with Crippen LogP contribution in [0.5, 0.6) is 11.5 Å². The van der Waals surface area contributed by atoms with Crippen LogP contribution in [0.3, 0.4) is 0 Å². The van der Waals surface area contributed by atoms with Crippen molar-refractivity contribution in [3.63, 3.8) is 0 Å². The van der Waals surface area contributed by atoms with E-state index < -0.39 is 5.97 Å². The molecular weight excluding hydrogens is 376 g/mol. The molecule has 0 aliphatic carbocycles. The summed E-state index contributed by atoms with van der Waals surface area (Å²) in [7, 11) is 1.28. The monoisotopic (exact) mass is 398 g/mol. The van der Waals surface area contributed by atoms with Gasteiger partial charge in [0.2, 0.25) is 18.6 Å². The first-order valence-corrected chi connectivity index (χ1v) is 9.09. The minimum atomic E-state index is -0.533. The zero-order chi connectivity index (χ0) is 20.8. The molecule has 152 valence electrons. The number of ether oxygens (including phenoxy) is 3. The highest BCUT2D eigenvalue weighted by Crippen LogP contribution is 2.32. The Morgan fingerprint density at radius 1 is 1.10 bits per heavy atom. The van der Waals surface area contributed by atoms with Crippen LogP contribution in [0.2, 0.25) is 0 Å². The number of carbonyl (C=O) groups is 3. The van der Waals surface area contributed by atoms with E-state index in [1.165, 1.54) is 14.0 Å². The number of hydrogen-bond donors (Lipinski definition) is 1. The average Bonchev–Trinajstić information content (AvgIpc) is 3.18. The molecule has 8 nitrogen and oxygen atoms in total. The summed E-state index contributed by atoms with van der Waals surface area (Å²) < 4.78 is 15.4. The van der Waals surface area contributed by atoms with Gasteiger partial charge in [-0.3, -0.25) is 9.59 Å². The van der Waals surface area contributed by atoms with Crippen molar-refractivity contribution in [2.24, 2.45) is 0 Å². The summed E-state index contributed by atoms with van der Waals surface area (Å²) in [6.45, 7) is 2.22. The van der Waals surface area contributed by atoms with Gasteiger partial charge in [-0.15, -0.1) is 0 Å². The molecule has 1 aliphatic rings. The summed E-state index contributed by atoms with van der Waals surface area (Å²) in [5.74, 6) is 0.327. The molecule has 0 fully saturated rings. The van der Waals surface area contributed by atoms with Crippen molar-refractivity contribution in [3.05, 3.63) is 53.6 Å². The molecule has 2 amide bonds. The molecule has 1 N–H and O–H groups in total. The van der Waals surface area contributed by atoms with Crippen molar-refractivity contribution in [2.45, 2.75) is 19.9 Å². The molecule has 0 saturated carbocycles. The Morgan fingerprint density at radius 2 is 1.86 bits per heavy atom. The van der Waals surface area contributed by atoms with E-state index in [0.29, 0.717) is 23.7 Å². The topological polar surface area (TPSA) is 94.2 Å². The van der Waals surface area contributed by atoms with Gasteiger partial charge in [-0.25, -0.2) is 4.79 Å². The zero-order valence-electron chi connectivity index (χ0n) is 16.3. The number of esters is 1. The quantitative estimate of drug-likeness (QED) is 0.721. The molecule has 0 radical (unpaired) electrons. The minimum absolute atomic E-state index is 0.0830. The van der Waals surface area contributed by atoms with Gasteiger partial charge in [0.05, 0.1) is 18.4 Å². The molecule has 0 aromatic heterocycles. The van der Waals surface area contributed by atoms with E-state index in [9.17, 15) is 14.4 Å². The molecule has 0 saturated heterocycles. The fraction of sp³-hybridized carbons (Fsp3) is 0.286. The van der Waals surface area contributed by atoms with Gasteiger partial charge in [0.1, 0.15) is 0 Å². The van der Waals surface area contributed by atoms with E-state index in [-0.39, 0.29) is 37.1 Å². The third-order valence-electron chi connectivity index (χ3n) is 4.47. The number of anilines is 1. The van der Waals surface area contributed by atoms with Crippen molar-refractivity contribution < 1.29 is 28.6 Å². The lowest BCUT2D eigenvalue weighted by Gasteiger charge is -2.21. The van der Waals surface area contributed by atoms with E-state index in [1.54, 1.807) is 35.2 Å². The molecule has 1 aliphatic heterocycles. The van der Waals surface area contributed by atoms with Crippen LogP contribution in [0.4, 0.5) is 5.69 Å². The van der Waals surface area contributed by atoms with Crippen molar-refractivity contribution >= 4 is 23.5 Å². The zero-order valence-corrected chi connectivity index (χ0v) is 16.3. The largest absolute Gasteiger partial charge is 0.465 e. The Kier molecular flexibility index (Phi) is 6.33. The Bertz CT molecular complexity index is 927. The van der Waals surface area contributed by atoms with Crippen molar-refractivity contribution in [1.29, 1.82) is 0 Å². The maximum atomic E-state index is 12.4. The van der Waals surface area contributed by atoms with Gasteiger partial charge in [0, 0.05) is 26.4 Å². The van der Waals surface area contributed by atoms with Crippen LogP contribution in [0, 0.1) is 0 Å². The number of benzene rings is 2. The van der Waals surface area contributed by atoms with Crippen LogP contribution in [0.15, 0.2) is 42.5 Å². The Morgan fingerprint density at radius 3 is 2.62 bits per heavy atom. The maximum Gasteiger partial charge on any atom is 0.339 e. The predicted molar refractivity (Wildman–Crippen MR) is 105 cm³/mol. The van der Waals surface area contributed by atoms with Gasteiger partial charge in [-0.2, -0.15) is 0 Å². The molecular formula is C21H22N2O6. The summed E-state index contributed by atoms with van der Waals surface area (Å²) in [6.07, 6.45) is 0.0830. The van der Waals surface area contributed by atoms with Crippen LogP contribution < -0.4 is 14.8 Å². The van der Waals surface area contributed by atoms with Gasteiger partial charge < -0.3 is 24.4 Å². The fourth-order valence-corrected chi connectivity index (χ4v) is 2.94. The Labute approximate surface area is 168 Å². The number of nitrogens with zero attached hydrogens (tertiary/aromatic N) is 1. The Hall–Kier alpha value is -3.55. The van der Waals surface area contributed by atoms with Crippen molar-refractivity contribution in [1.82, 2.24) is 4.90 Å². The summed E-state index contributed by atoms with van der Waals surface area (Å²) >= 11 is 0. The lowest BCUT2D eigenvalue weighted by molar-refractivity contribution is -0.129. The average molecular weight is 398 g/mol. The van der Waals surface area contributed by atoms with Crippen LogP contribution in [0.25, 0.3) is 0 Å². The van der Waals surface area contributed by atoms with Gasteiger partial charge in [0.25, 0.3) is 0 Å². The molecule has 0 bridgehead atoms. The number of carbonyl (C=O) groups excluding carboxylic acids is 3. The lowest BCUT2D eigenvalue weighted by atomic mass is 10.1. The number of nitrogens with one attached hydrogen (secondary N) is 1. The summed E-state index contributed by atoms with van der Waals surface area (Å²) in [5.41, 5.74) is 1.52. The van der Waals surface area contributed by atoms with E-state index in [1.807, 2.05) is 12.1 Å². The maximum absolute atomic E-state index is 12.4.